The molecule has 0 radical (unpaired) electrons. The number of nitrogens with one attached hydrogen (secondary N) is 2. The van der Waals surface area contributed by atoms with E-state index in [1.54, 1.807) is 37.3 Å². The number of anilines is 1. The van der Waals surface area contributed by atoms with E-state index in [4.69, 9.17) is 4.74 Å². The Morgan fingerprint density at radius 3 is 2.55 bits per heavy atom. The first kappa shape index (κ1) is 34.1. The second-order valence-corrected chi connectivity index (χ2v) is 13.0. The molecule has 47 heavy (non-hydrogen) atoms. The number of carbonyl (C=O) groups excluding carboxylic acids is 2. The average molecular weight is 658 g/mol. The number of benzene rings is 3. The van der Waals surface area contributed by atoms with Crippen LogP contribution in [0.1, 0.15) is 49.0 Å². The molecule has 5 rings (SSSR count). The van der Waals surface area contributed by atoms with E-state index < -0.39 is 24.2 Å². The van der Waals surface area contributed by atoms with Crippen LogP contribution in [0.3, 0.4) is 0 Å². The van der Waals surface area contributed by atoms with Crippen LogP contribution < -0.4 is 20.3 Å². The van der Waals surface area contributed by atoms with Gasteiger partial charge in [0.25, 0.3) is 11.8 Å². The largest absolute Gasteiger partial charge is 0.497 e. The molecule has 4 N–H and O–H groups in total. The van der Waals surface area contributed by atoms with Crippen LogP contribution in [0.15, 0.2) is 78.2 Å². The first-order chi connectivity index (χ1) is 22.7. The molecule has 0 bridgehead atoms. The highest BCUT2D eigenvalue weighted by atomic mass is 32.1. The number of amides is 2. The lowest BCUT2D eigenvalue weighted by Gasteiger charge is -2.26. The normalized spacial score (nSPS) is 15.7. The molecule has 1 unspecified atom stereocenters. The standard InChI is InChI=1S/C36H43N5O5S/c1-24-23-47-34(38-24)22-40(2)36(45)28-16-27(17-29(18-28)41-13-12-30(42)21-41)35(44)39-32(15-25-8-5-4-6-9-25)33(43)20-37-19-26-10-7-11-31(14-26)46-3/h4-11,14,16-18,23,30,32-33,37,42-43H,12-13,15,19-22H2,1-3H3,(H,39,44)/t30-,32+,33?/m1/s1. The van der Waals surface area contributed by atoms with Crippen molar-refractivity contribution < 1.29 is 24.5 Å². The van der Waals surface area contributed by atoms with E-state index in [2.05, 4.69) is 15.6 Å². The van der Waals surface area contributed by atoms with Gasteiger partial charge in [-0.25, -0.2) is 4.98 Å². The Kier molecular flexibility index (Phi) is 11.6. The molecule has 248 valence electrons. The molecule has 1 aromatic heterocycles. The summed E-state index contributed by atoms with van der Waals surface area (Å²) in [4.78, 5) is 35.6. The summed E-state index contributed by atoms with van der Waals surface area (Å²) in [6.45, 7) is 4.05. The van der Waals surface area contributed by atoms with Gasteiger partial charge in [-0.15, -0.1) is 11.3 Å². The number of hydrogen-bond donors (Lipinski definition) is 4. The minimum atomic E-state index is -0.907. The predicted octanol–water partition coefficient (Wildman–Crippen LogP) is 3.80. The monoisotopic (exact) mass is 657 g/mol. The fourth-order valence-electron chi connectivity index (χ4n) is 5.69. The number of carbonyl (C=O) groups is 2. The van der Waals surface area contributed by atoms with Crippen molar-refractivity contribution in [2.45, 2.75) is 51.1 Å². The maximum Gasteiger partial charge on any atom is 0.254 e. The van der Waals surface area contributed by atoms with E-state index in [9.17, 15) is 19.8 Å². The third kappa shape index (κ3) is 9.39. The minimum Gasteiger partial charge on any atom is -0.497 e. The highest BCUT2D eigenvalue weighted by Gasteiger charge is 2.26. The van der Waals surface area contributed by atoms with Gasteiger partial charge in [-0.3, -0.25) is 9.59 Å². The van der Waals surface area contributed by atoms with Crippen LogP contribution >= 0.6 is 11.3 Å². The zero-order valence-corrected chi connectivity index (χ0v) is 27.9. The summed E-state index contributed by atoms with van der Waals surface area (Å²) in [5.74, 6) is 0.120. The molecule has 3 atom stereocenters. The van der Waals surface area contributed by atoms with Crippen molar-refractivity contribution in [1.82, 2.24) is 20.5 Å². The number of aromatic nitrogens is 1. The van der Waals surface area contributed by atoms with Gasteiger partial charge in [-0.05, 0) is 61.2 Å². The van der Waals surface area contributed by atoms with Crippen LogP contribution in [0.25, 0.3) is 0 Å². The molecule has 1 saturated heterocycles. The summed E-state index contributed by atoms with van der Waals surface area (Å²) < 4.78 is 5.32. The molecular formula is C36H43N5O5S. The average Bonchev–Trinajstić information content (AvgIpc) is 3.71. The zero-order chi connectivity index (χ0) is 33.3. The van der Waals surface area contributed by atoms with E-state index in [0.29, 0.717) is 55.8 Å². The number of rotatable bonds is 14. The zero-order valence-electron chi connectivity index (χ0n) is 27.1. The van der Waals surface area contributed by atoms with Crippen molar-refractivity contribution in [2.24, 2.45) is 0 Å². The molecule has 1 fully saturated rings. The summed E-state index contributed by atoms with van der Waals surface area (Å²) in [5, 5.41) is 30.7. The van der Waals surface area contributed by atoms with Gasteiger partial charge in [0.2, 0.25) is 0 Å². The summed E-state index contributed by atoms with van der Waals surface area (Å²) >= 11 is 1.50. The molecule has 1 aliphatic heterocycles. The van der Waals surface area contributed by atoms with Crippen molar-refractivity contribution in [3.05, 3.63) is 111 Å². The Morgan fingerprint density at radius 2 is 1.85 bits per heavy atom. The number of aliphatic hydroxyl groups is 2. The Bertz CT molecular complexity index is 1650. The Balaban J connectivity index is 1.35. The third-order valence-corrected chi connectivity index (χ3v) is 9.19. The Labute approximate surface area is 280 Å². The predicted molar refractivity (Wildman–Crippen MR) is 184 cm³/mol. The molecule has 10 nitrogen and oxygen atoms in total. The van der Waals surface area contributed by atoms with E-state index in [1.807, 2.05) is 71.8 Å². The van der Waals surface area contributed by atoms with Gasteiger partial charge in [-0.1, -0.05) is 42.5 Å². The van der Waals surface area contributed by atoms with Gasteiger partial charge in [0.05, 0.1) is 31.9 Å². The van der Waals surface area contributed by atoms with E-state index >= 15 is 0 Å². The summed E-state index contributed by atoms with van der Waals surface area (Å²) in [6, 6.07) is 21.9. The molecule has 3 aromatic carbocycles. The third-order valence-electron chi connectivity index (χ3n) is 8.24. The fraction of sp³-hybridized carbons (Fsp3) is 0.361. The number of methoxy groups -OCH3 is 1. The fourth-order valence-corrected chi connectivity index (χ4v) is 6.51. The molecule has 4 aromatic rings. The van der Waals surface area contributed by atoms with Crippen LogP contribution in [0.2, 0.25) is 0 Å². The van der Waals surface area contributed by atoms with Crippen molar-refractivity contribution in [2.75, 3.05) is 38.7 Å². The van der Waals surface area contributed by atoms with Crippen molar-refractivity contribution in [3.8, 4) is 5.75 Å². The van der Waals surface area contributed by atoms with Crippen molar-refractivity contribution in [1.29, 1.82) is 0 Å². The Morgan fingerprint density at radius 1 is 1.09 bits per heavy atom. The number of nitrogens with zero attached hydrogens (tertiary/aromatic N) is 3. The number of β-amino-alcohol motifs (C(OH)–C–C–N with tert-alkyl or cyclic N) is 1. The van der Waals surface area contributed by atoms with Crippen LogP contribution in [0, 0.1) is 6.92 Å². The molecule has 0 aliphatic carbocycles. The minimum absolute atomic E-state index is 0.240. The molecule has 11 heteroatoms. The topological polar surface area (TPSA) is 127 Å². The number of aliphatic hydroxyl groups excluding tert-OH is 2. The van der Waals surface area contributed by atoms with Gasteiger partial charge < -0.3 is 35.4 Å². The van der Waals surface area contributed by atoms with E-state index in [-0.39, 0.29) is 12.5 Å². The highest BCUT2D eigenvalue weighted by molar-refractivity contribution is 7.09. The smallest absolute Gasteiger partial charge is 0.254 e. The lowest BCUT2D eigenvalue weighted by Crippen LogP contribution is -2.48. The Hall–Kier alpha value is -4.29. The van der Waals surface area contributed by atoms with Gasteiger partial charge in [0.1, 0.15) is 10.8 Å². The number of hydrogen-bond acceptors (Lipinski definition) is 9. The van der Waals surface area contributed by atoms with Crippen molar-refractivity contribution in [3.63, 3.8) is 0 Å². The van der Waals surface area contributed by atoms with Gasteiger partial charge >= 0.3 is 0 Å². The quantitative estimate of drug-likeness (QED) is 0.161. The first-order valence-electron chi connectivity index (χ1n) is 15.8. The summed E-state index contributed by atoms with van der Waals surface area (Å²) in [5.41, 5.74) is 4.25. The van der Waals surface area contributed by atoms with Crippen LogP contribution in [0.5, 0.6) is 5.75 Å². The number of ether oxygens (including phenoxy) is 1. The molecular weight excluding hydrogens is 614 g/mol. The molecule has 0 saturated carbocycles. The summed E-state index contributed by atoms with van der Waals surface area (Å²) in [7, 11) is 3.34. The van der Waals surface area contributed by atoms with Crippen LogP contribution in [-0.2, 0) is 19.5 Å². The molecule has 2 amide bonds. The summed E-state index contributed by atoms with van der Waals surface area (Å²) in [6.07, 6.45) is -0.362. The molecule has 2 heterocycles. The van der Waals surface area contributed by atoms with E-state index in [0.717, 1.165) is 27.6 Å². The lowest BCUT2D eigenvalue weighted by atomic mass is 9.99. The second-order valence-electron chi connectivity index (χ2n) is 12.0. The van der Waals surface area contributed by atoms with Crippen molar-refractivity contribution >= 4 is 28.8 Å². The number of thiazole rings is 1. The highest BCUT2D eigenvalue weighted by Crippen LogP contribution is 2.25. The maximum atomic E-state index is 13.9. The van der Waals surface area contributed by atoms with Gasteiger partial charge in [-0.2, -0.15) is 0 Å². The first-order valence-corrected chi connectivity index (χ1v) is 16.7. The van der Waals surface area contributed by atoms with Gasteiger partial charge in [0.15, 0.2) is 0 Å². The molecule has 0 spiro atoms. The molecule has 1 aliphatic rings. The lowest BCUT2D eigenvalue weighted by molar-refractivity contribution is 0.0784. The SMILES string of the molecule is COc1cccc(CNCC(O)[C@H](Cc2ccccc2)NC(=O)c2cc(C(=O)N(C)Cc3nc(C)cs3)cc(N3CC[C@@H](O)C3)c2)c1. The second kappa shape index (κ2) is 16.0. The number of aryl methyl sites for hydroxylation is 1. The van der Waals surface area contributed by atoms with E-state index in [1.165, 1.54) is 11.3 Å². The van der Waals surface area contributed by atoms with Gasteiger partial charge in [0, 0.05) is 61.1 Å². The maximum absolute atomic E-state index is 13.9. The van der Waals surface area contributed by atoms with Crippen LogP contribution in [0.4, 0.5) is 5.69 Å². The van der Waals surface area contributed by atoms with Crippen LogP contribution in [-0.4, -0.2) is 84.0 Å².